The molecule has 0 saturated carbocycles. The van der Waals surface area contributed by atoms with Crippen LogP contribution in [-0.2, 0) is 6.54 Å². The molecular weight excluding hydrogens is 212 g/mol. The molecule has 0 radical (unpaired) electrons. The van der Waals surface area contributed by atoms with E-state index >= 15 is 0 Å². The average Bonchev–Trinajstić information content (AvgIpc) is 2.38. The van der Waals surface area contributed by atoms with Crippen LogP contribution in [0.2, 0.25) is 0 Å². The van der Waals surface area contributed by atoms with Gasteiger partial charge in [-0.15, -0.1) is 0 Å². The van der Waals surface area contributed by atoms with E-state index in [0.717, 1.165) is 16.7 Å². The third-order valence-electron chi connectivity index (χ3n) is 2.57. The number of nitrogens with zero attached hydrogens (tertiary/aromatic N) is 1. The van der Waals surface area contributed by atoms with Gasteiger partial charge in [-0.05, 0) is 30.2 Å². The van der Waals surface area contributed by atoms with E-state index in [-0.39, 0.29) is 5.91 Å². The number of hydrogen-bond acceptors (Lipinski definition) is 2. The van der Waals surface area contributed by atoms with Crippen LogP contribution in [0.15, 0.2) is 48.8 Å². The molecule has 2 aromatic rings. The van der Waals surface area contributed by atoms with E-state index in [1.807, 2.05) is 43.3 Å². The highest BCUT2D eigenvalue weighted by molar-refractivity contribution is 5.95. The van der Waals surface area contributed by atoms with E-state index < -0.39 is 0 Å². The molecule has 0 saturated heterocycles. The molecule has 0 unspecified atom stereocenters. The van der Waals surface area contributed by atoms with Crippen molar-refractivity contribution in [1.29, 1.82) is 0 Å². The van der Waals surface area contributed by atoms with Crippen LogP contribution in [0.1, 0.15) is 21.5 Å². The number of carbonyl (C=O) groups excluding carboxylic acids is 1. The van der Waals surface area contributed by atoms with Gasteiger partial charge in [0.2, 0.25) is 0 Å². The van der Waals surface area contributed by atoms with Gasteiger partial charge in [-0.25, -0.2) is 0 Å². The fourth-order valence-electron chi connectivity index (χ4n) is 1.61. The lowest BCUT2D eigenvalue weighted by Gasteiger charge is -2.07. The van der Waals surface area contributed by atoms with Gasteiger partial charge in [0.15, 0.2) is 0 Å². The van der Waals surface area contributed by atoms with Crippen molar-refractivity contribution < 1.29 is 4.79 Å². The highest BCUT2D eigenvalue weighted by Gasteiger charge is 2.07. The molecule has 2 rings (SSSR count). The molecule has 3 heteroatoms. The van der Waals surface area contributed by atoms with Crippen LogP contribution in [-0.4, -0.2) is 10.9 Å². The van der Waals surface area contributed by atoms with Gasteiger partial charge in [-0.3, -0.25) is 9.78 Å². The van der Waals surface area contributed by atoms with Crippen molar-refractivity contribution in [3.05, 3.63) is 65.5 Å². The summed E-state index contributed by atoms with van der Waals surface area (Å²) in [6, 6.07) is 11.3. The largest absolute Gasteiger partial charge is 0.348 e. The van der Waals surface area contributed by atoms with Gasteiger partial charge in [0.1, 0.15) is 0 Å². The van der Waals surface area contributed by atoms with E-state index in [1.54, 1.807) is 12.4 Å². The van der Waals surface area contributed by atoms with Crippen LogP contribution in [0, 0.1) is 6.92 Å². The molecule has 0 bridgehead atoms. The predicted molar refractivity (Wildman–Crippen MR) is 66.6 cm³/mol. The monoisotopic (exact) mass is 226 g/mol. The first-order chi connectivity index (χ1) is 8.27. The van der Waals surface area contributed by atoms with Crippen LogP contribution in [0.4, 0.5) is 0 Å². The van der Waals surface area contributed by atoms with Gasteiger partial charge in [-0.2, -0.15) is 0 Å². The lowest BCUT2D eigenvalue weighted by atomic mass is 10.1. The number of aryl methyl sites for hydroxylation is 1. The van der Waals surface area contributed by atoms with Crippen molar-refractivity contribution in [1.82, 2.24) is 10.3 Å². The van der Waals surface area contributed by atoms with E-state index in [9.17, 15) is 4.79 Å². The summed E-state index contributed by atoms with van der Waals surface area (Å²) in [7, 11) is 0. The third-order valence-corrected chi connectivity index (χ3v) is 2.57. The standard InChI is InChI=1S/C14H14N2O/c1-11-5-2-3-7-13(11)14(17)16-10-12-6-4-8-15-9-12/h2-9H,10H2,1H3,(H,16,17). The number of aromatic nitrogens is 1. The first-order valence-electron chi connectivity index (χ1n) is 5.50. The molecule has 0 spiro atoms. The number of pyridine rings is 1. The van der Waals surface area contributed by atoms with E-state index in [1.165, 1.54) is 0 Å². The number of nitrogens with one attached hydrogen (secondary N) is 1. The smallest absolute Gasteiger partial charge is 0.251 e. The van der Waals surface area contributed by atoms with Crippen molar-refractivity contribution in [3.8, 4) is 0 Å². The number of benzene rings is 1. The maximum Gasteiger partial charge on any atom is 0.251 e. The van der Waals surface area contributed by atoms with Crippen molar-refractivity contribution in [3.63, 3.8) is 0 Å². The highest BCUT2D eigenvalue weighted by atomic mass is 16.1. The maximum absolute atomic E-state index is 11.9. The Balaban J connectivity index is 2.01. The number of carbonyl (C=O) groups is 1. The molecule has 86 valence electrons. The SMILES string of the molecule is Cc1ccccc1C(=O)NCc1cccnc1. The fourth-order valence-corrected chi connectivity index (χ4v) is 1.61. The van der Waals surface area contributed by atoms with Gasteiger partial charge in [0.05, 0.1) is 0 Å². The second-order valence-corrected chi connectivity index (χ2v) is 3.86. The molecule has 0 aliphatic heterocycles. The molecule has 1 aromatic heterocycles. The molecule has 17 heavy (non-hydrogen) atoms. The van der Waals surface area contributed by atoms with E-state index in [0.29, 0.717) is 6.54 Å². The third kappa shape index (κ3) is 2.91. The quantitative estimate of drug-likeness (QED) is 0.872. The first-order valence-corrected chi connectivity index (χ1v) is 5.50. The number of hydrogen-bond donors (Lipinski definition) is 1. The van der Waals surface area contributed by atoms with Crippen molar-refractivity contribution >= 4 is 5.91 Å². The van der Waals surface area contributed by atoms with Crippen LogP contribution in [0.5, 0.6) is 0 Å². The highest BCUT2D eigenvalue weighted by Crippen LogP contribution is 2.06. The van der Waals surface area contributed by atoms with Crippen molar-refractivity contribution in [2.24, 2.45) is 0 Å². The Bertz CT molecular complexity index is 509. The minimum atomic E-state index is -0.0491. The second kappa shape index (κ2) is 5.25. The van der Waals surface area contributed by atoms with Crippen LogP contribution < -0.4 is 5.32 Å². The number of amides is 1. The molecule has 0 atom stereocenters. The molecular formula is C14H14N2O. The summed E-state index contributed by atoms with van der Waals surface area (Å²) in [4.78, 5) is 15.9. The summed E-state index contributed by atoms with van der Waals surface area (Å²) in [6.45, 7) is 2.43. The van der Waals surface area contributed by atoms with Crippen molar-refractivity contribution in [2.75, 3.05) is 0 Å². The molecule has 1 amide bonds. The lowest BCUT2D eigenvalue weighted by molar-refractivity contribution is 0.0950. The zero-order valence-corrected chi connectivity index (χ0v) is 9.68. The van der Waals surface area contributed by atoms with Gasteiger partial charge in [0.25, 0.3) is 5.91 Å². The van der Waals surface area contributed by atoms with Gasteiger partial charge >= 0.3 is 0 Å². The normalized spacial score (nSPS) is 9.94. The van der Waals surface area contributed by atoms with Gasteiger partial charge < -0.3 is 5.32 Å². The molecule has 1 N–H and O–H groups in total. The Hall–Kier alpha value is -2.16. The maximum atomic E-state index is 11.9. The zero-order chi connectivity index (χ0) is 12.1. The van der Waals surface area contributed by atoms with E-state index in [2.05, 4.69) is 10.3 Å². The molecule has 1 heterocycles. The minimum Gasteiger partial charge on any atom is -0.348 e. The molecule has 0 fully saturated rings. The summed E-state index contributed by atoms with van der Waals surface area (Å²) in [5.41, 5.74) is 2.70. The minimum absolute atomic E-state index is 0.0491. The summed E-state index contributed by atoms with van der Waals surface area (Å²) in [5.74, 6) is -0.0491. The molecule has 1 aromatic carbocycles. The summed E-state index contributed by atoms with van der Waals surface area (Å²) >= 11 is 0. The molecule has 0 aliphatic rings. The summed E-state index contributed by atoms with van der Waals surface area (Å²) in [5, 5.41) is 2.88. The van der Waals surface area contributed by atoms with Crippen molar-refractivity contribution in [2.45, 2.75) is 13.5 Å². The predicted octanol–water partition coefficient (Wildman–Crippen LogP) is 2.32. The Morgan fingerprint density at radius 2 is 2.06 bits per heavy atom. The lowest BCUT2D eigenvalue weighted by Crippen LogP contribution is -2.23. The molecule has 0 aliphatic carbocycles. The Labute approximate surface area is 101 Å². The molecule has 3 nitrogen and oxygen atoms in total. The van der Waals surface area contributed by atoms with Crippen LogP contribution in [0.3, 0.4) is 0 Å². The Morgan fingerprint density at radius 1 is 1.24 bits per heavy atom. The Kier molecular flexibility index (Phi) is 3.50. The van der Waals surface area contributed by atoms with Gasteiger partial charge in [0, 0.05) is 24.5 Å². The topological polar surface area (TPSA) is 42.0 Å². The second-order valence-electron chi connectivity index (χ2n) is 3.86. The number of rotatable bonds is 3. The van der Waals surface area contributed by atoms with Crippen LogP contribution >= 0.6 is 0 Å². The summed E-state index contributed by atoms with van der Waals surface area (Å²) in [6.07, 6.45) is 3.46. The van der Waals surface area contributed by atoms with E-state index in [4.69, 9.17) is 0 Å². The summed E-state index contributed by atoms with van der Waals surface area (Å²) < 4.78 is 0. The zero-order valence-electron chi connectivity index (χ0n) is 9.68. The van der Waals surface area contributed by atoms with Crippen LogP contribution in [0.25, 0.3) is 0 Å². The van der Waals surface area contributed by atoms with Gasteiger partial charge in [-0.1, -0.05) is 24.3 Å². The fraction of sp³-hybridized carbons (Fsp3) is 0.143. The average molecular weight is 226 g/mol. The first kappa shape index (κ1) is 11.3. The Morgan fingerprint density at radius 3 is 2.76 bits per heavy atom.